The van der Waals surface area contributed by atoms with Crippen LogP contribution in [0, 0.1) is 6.92 Å². The topological polar surface area (TPSA) is 98.5 Å². The second kappa shape index (κ2) is 10.6. The van der Waals surface area contributed by atoms with Crippen LogP contribution in [0.3, 0.4) is 0 Å². The molecular formula is C29H36N4O4. The van der Waals surface area contributed by atoms with Gasteiger partial charge in [0, 0.05) is 37.1 Å². The number of aromatic nitrogens is 3. The number of aryl methyl sites for hydroxylation is 1. The third-order valence-electron chi connectivity index (χ3n) is 7.77. The number of ketones is 1. The number of anilines is 2. The Hall–Kier alpha value is -3.23. The fraction of sp³-hybridized carbons (Fsp3) is 0.483. The van der Waals surface area contributed by atoms with E-state index in [1.165, 1.54) is 6.42 Å². The van der Waals surface area contributed by atoms with Crippen LogP contribution in [0.15, 0.2) is 42.7 Å². The molecule has 0 radical (unpaired) electrons. The number of ether oxygens (including phenoxy) is 2. The van der Waals surface area contributed by atoms with E-state index in [0.717, 1.165) is 67.2 Å². The monoisotopic (exact) mass is 504 g/mol. The van der Waals surface area contributed by atoms with Crippen molar-refractivity contribution in [3.8, 4) is 11.5 Å². The van der Waals surface area contributed by atoms with Crippen molar-refractivity contribution in [3.05, 3.63) is 59.5 Å². The molecule has 1 aliphatic heterocycles. The lowest BCUT2D eigenvalue weighted by molar-refractivity contribution is -0.126. The lowest BCUT2D eigenvalue weighted by Crippen LogP contribution is -2.32. The van der Waals surface area contributed by atoms with Crippen molar-refractivity contribution in [1.82, 2.24) is 14.8 Å². The zero-order chi connectivity index (χ0) is 26.0. The summed E-state index contributed by atoms with van der Waals surface area (Å²) in [6.45, 7) is 6.66. The van der Waals surface area contributed by atoms with Gasteiger partial charge in [0.05, 0.1) is 17.7 Å². The normalized spacial score (nSPS) is 16.9. The van der Waals surface area contributed by atoms with Crippen molar-refractivity contribution in [2.75, 3.05) is 25.1 Å². The SMILES string of the molecule is Cc1ccc(Nc2cc(Oc3cn(C4CCC4)nc3C3CCOCC3)ccn2)cc1C(C)(C)C(=O)CO. The molecule has 0 unspecified atom stereocenters. The first-order valence-corrected chi connectivity index (χ1v) is 13.2. The number of carbonyl (C=O) groups excluding carboxylic acids is 1. The van der Waals surface area contributed by atoms with Crippen LogP contribution in [-0.4, -0.2) is 45.5 Å². The predicted octanol–water partition coefficient (Wildman–Crippen LogP) is 5.58. The fourth-order valence-electron chi connectivity index (χ4n) is 5.10. The molecule has 1 aliphatic carbocycles. The summed E-state index contributed by atoms with van der Waals surface area (Å²) in [6, 6.07) is 10.1. The van der Waals surface area contributed by atoms with Crippen LogP contribution < -0.4 is 10.1 Å². The summed E-state index contributed by atoms with van der Waals surface area (Å²) in [7, 11) is 0. The molecule has 2 aromatic heterocycles. The van der Waals surface area contributed by atoms with Crippen LogP contribution in [0.2, 0.25) is 0 Å². The van der Waals surface area contributed by atoms with Crippen molar-refractivity contribution in [1.29, 1.82) is 0 Å². The van der Waals surface area contributed by atoms with Gasteiger partial charge in [-0.25, -0.2) is 4.98 Å². The Bertz CT molecular complexity index is 1260. The van der Waals surface area contributed by atoms with Crippen molar-refractivity contribution in [2.45, 2.75) is 70.3 Å². The van der Waals surface area contributed by atoms with Gasteiger partial charge in [0.15, 0.2) is 11.5 Å². The molecule has 37 heavy (non-hydrogen) atoms. The molecule has 0 atom stereocenters. The molecule has 2 fully saturated rings. The number of nitrogens with one attached hydrogen (secondary N) is 1. The molecule has 1 saturated heterocycles. The van der Waals surface area contributed by atoms with Gasteiger partial charge >= 0.3 is 0 Å². The van der Waals surface area contributed by atoms with E-state index in [0.29, 0.717) is 23.5 Å². The minimum Gasteiger partial charge on any atom is -0.454 e. The number of pyridine rings is 1. The first-order chi connectivity index (χ1) is 17.8. The molecule has 8 heteroatoms. The van der Waals surface area contributed by atoms with E-state index in [9.17, 15) is 9.90 Å². The van der Waals surface area contributed by atoms with E-state index < -0.39 is 12.0 Å². The van der Waals surface area contributed by atoms with Crippen LogP contribution in [0.1, 0.15) is 74.7 Å². The standard InChI is InChI=1S/C29H36N4O4/c1-19-7-8-21(15-24(19)29(2,3)26(35)18-34)31-27-16-23(9-12-30-27)37-25-17-33(22-5-4-6-22)32-28(25)20-10-13-36-14-11-20/h7-9,12,15-17,20,22,34H,4-6,10-11,13-14,18H2,1-3H3,(H,30,31). The van der Waals surface area contributed by atoms with Crippen LogP contribution >= 0.6 is 0 Å². The molecular weight excluding hydrogens is 468 g/mol. The smallest absolute Gasteiger partial charge is 0.168 e. The number of aliphatic hydroxyl groups is 1. The quantitative estimate of drug-likeness (QED) is 0.392. The van der Waals surface area contributed by atoms with Crippen molar-refractivity contribution in [3.63, 3.8) is 0 Å². The van der Waals surface area contributed by atoms with Crippen LogP contribution in [0.25, 0.3) is 0 Å². The highest BCUT2D eigenvalue weighted by Gasteiger charge is 2.31. The number of nitrogens with zero attached hydrogens (tertiary/aromatic N) is 3. The van der Waals surface area contributed by atoms with E-state index in [2.05, 4.69) is 21.2 Å². The van der Waals surface area contributed by atoms with E-state index in [1.807, 2.05) is 51.1 Å². The van der Waals surface area contributed by atoms with Crippen molar-refractivity contribution < 1.29 is 19.4 Å². The molecule has 196 valence electrons. The van der Waals surface area contributed by atoms with Gasteiger partial charge in [-0.1, -0.05) is 6.07 Å². The summed E-state index contributed by atoms with van der Waals surface area (Å²) in [5, 5.41) is 17.7. The molecule has 2 N–H and O–H groups in total. The van der Waals surface area contributed by atoms with Crippen molar-refractivity contribution in [2.24, 2.45) is 0 Å². The Labute approximate surface area is 218 Å². The number of aliphatic hydroxyl groups excluding tert-OH is 1. The molecule has 3 aromatic rings. The number of benzene rings is 1. The second-order valence-electron chi connectivity index (χ2n) is 10.7. The van der Waals surface area contributed by atoms with Gasteiger partial charge in [-0.3, -0.25) is 9.48 Å². The van der Waals surface area contributed by atoms with E-state index in [1.54, 1.807) is 6.20 Å². The van der Waals surface area contributed by atoms with Crippen LogP contribution in [-0.2, 0) is 14.9 Å². The maximum Gasteiger partial charge on any atom is 0.168 e. The van der Waals surface area contributed by atoms with Crippen LogP contribution in [0.5, 0.6) is 11.5 Å². The van der Waals surface area contributed by atoms with Gasteiger partial charge < -0.3 is 19.9 Å². The van der Waals surface area contributed by atoms with Gasteiger partial charge in [0.2, 0.25) is 0 Å². The highest BCUT2D eigenvalue weighted by Crippen LogP contribution is 2.39. The number of Topliss-reactive ketones (excluding diaryl/α,β-unsaturated/α-hetero) is 1. The molecule has 1 aromatic carbocycles. The maximum absolute atomic E-state index is 12.4. The predicted molar refractivity (Wildman–Crippen MR) is 142 cm³/mol. The zero-order valence-corrected chi connectivity index (χ0v) is 21.9. The molecule has 0 spiro atoms. The molecule has 0 amide bonds. The lowest BCUT2D eigenvalue weighted by atomic mass is 9.78. The third kappa shape index (κ3) is 5.40. The minimum atomic E-state index is -0.796. The number of hydrogen-bond donors (Lipinski definition) is 2. The first kappa shape index (κ1) is 25.4. The Balaban J connectivity index is 1.37. The minimum absolute atomic E-state index is 0.218. The molecule has 1 saturated carbocycles. The summed E-state index contributed by atoms with van der Waals surface area (Å²) in [4.78, 5) is 16.8. The Morgan fingerprint density at radius 1 is 1.19 bits per heavy atom. The average Bonchev–Trinajstić information content (AvgIpc) is 3.27. The van der Waals surface area contributed by atoms with Gasteiger partial charge in [0.25, 0.3) is 0 Å². The summed E-state index contributed by atoms with van der Waals surface area (Å²) in [6.07, 6.45) is 9.25. The number of hydrogen-bond acceptors (Lipinski definition) is 7. The summed E-state index contributed by atoms with van der Waals surface area (Å²) < 4.78 is 14.1. The third-order valence-corrected chi connectivity index (χ3v) is 7.77. The Morgan fingerprint density at radius 3 is 2.68 bits per heavy atom. The molecule has 5 rings (SSSR count). The van der Waals surface area contributed by atoms with Gasteiger partial charge in [-0.2, -0.15) is 5.10 Å². The van der Waals surface area contributed by atoms with Gasteiger partial charge in [-0.05, 0) is 82.2 Å². The largest absolute Gasteiger partial charge is 0.454 e. The highest BCUT2D eigenvalue weighted by molar-refractivity contribution is 5.90. The molecule has 3 heterocycles. The number of rotatable bonds is 9. The van der Waals surface area contributed by atoms with Crippen molar-refractivity contribution >= 4 is 17.3 Å². The van der Waals surface area contributed by atoms with Gasteiger partial charge in [0.1, 0.15) is 23.9 Å². The fourth-order valence-corrected chi connectivity index (χ4v) is 5.10. The number of carbonyl (C=O) groups is 1. The van der Waals surface area contributed by atoms with E-state index in [4.69, 9.17) is 14.6 Å². The second-order valence-corrected chi connectivity index (χ2v) is 10.7. The Kier molecular flexibility index (Phi) is 7.31. The van der Waals surface area contributed by atoms with Gasteiger partial charge in [-0.15, -0.1) is 0 Å². The maximum atomic E-state index is 12.4. The van der Waals surface area contributed by atoms with E-state index in [-0.39, 0.29) is 5.78 Å². The molecule has 0 bridgehead atoms. The average molecular weight is 505 g/mol. The lowest BCUT2D eigenvalue weighted by Gasteiger charge is -2.25. The summed E-state index contributed by atoms with van der Waals surface area (Å²) in [5.74, 6) is 2.24. The Morgan fingerprint density at radius 2 is 1.97 bits per heavy atom. The van der Waals surface area contributed by atoms with E-state index >= 15 is 0 Å². The first-order valence-electron chi connectivity index (χ1n) is 13.2. The summed E-state index contributed by atoms with van der Waals surface area (Å²) >= 11 is 0. The zero-order valence-electron chi connectivity index (χ0n) is 21.9. The molecule has 8 nitrogen and oxygen atoms in total. The highest BCUT2D eigenvalue weighted by atomic mass is 16.5. The molecule has 2 aliphatic rings. The summed E-state index contributed by atoms with van der Waals surface area (Å²) in [5.41, 5.74) is 2.89. The van der Waals surface area contributed by atoms with Crippen LogP contribution in [0.4, 0.5) is 11.5 Å².